The van der Waals surface area contributed by atoms with Crippen LogP contribution < -0.4 is 0 Å². The van der Waals surface area contributed by atoms with E-state index in [2.05, 4.69) is 20.3 Å². The van der Waals surface area contributed by atoms with Gasteiger partial charge in [-0.3, -0.25) is 15.1 Å². The number of hydrogen-bond donors (Lipinski definition) is 1. The summed E-state index contributed by atoms with van der Waals surface area (Å²) in [6.45, 7) is 0. The standard InChI is InChI=1S/C12H8N6O3S/c19-18(20)10-2-1-9(21-10)7-14-17-11(15-16-12(17)22)8-3-5-13-6-4-8/h1-7H,(H,16,22). The highest BCUT2D eigenvalue weighted by atomic mass is 32.1. The topological polar surface area (TPSA) is 115 Å². The molecule has 1 N–H and O–H groups in total. The third-order valence-electron chi connectivity index (χ3n) is 2.68. The molecule has 0 saturated heterocycles. The van der Waals surface area contributed by atoms with Crippen LogP contribution >= 0.6 is 12.2 Å². The molecule has 0 saturated carbocycles. The van der Waals surface area contributed by atoms with Crippen molar-refractivity contribution >= 4 is 24.3 Å². The number of H-pyrrole nitrogens is 1. The summed E-state index contributed by atoms with van der Waals surface area (Å²) in [5.41, 5.74) is 0.768. The molecule has 3 aromatic heterocycles. The van der Waals surface area contributed by atoms with Gasteiger partial charge in [0.05, 0.1) is 12.3 Å². The summed E-state index contributed by atoms with van der Waals surface area (Å²) in [6, 6.07) is 6.21. The van der Waals surface area contributed by atoms with Crippen LogP contribution in [0.25, 0.3) is 11.4 Å². The Kier molecular flexibility index (Phi) is 3.58. The SMILES string of the molecule is O=[N+]([O-])c1ccc(C=Nn2c(-c3ccncc3)n[nH]c2=S)o1. The number of pyridine rings is 1. The number of nitrogens with zero attached hydrogens (tertiary/aromatic N) is 5. The second-order valence-corrected chi connectivity index (χ2v) is 4.46. The quantitative estimate of drug-likeness (QED) is 0.342. The molecule has 0 aliphatic carbocycles. The third-order valence-corrected chi connectivity index (χ3v) is 2.95. The highest BCUT2D eigenvalue weighted by Gasteiger charge is 2.11. The van der Waals surface area contributed by atoms with E-state index in [-0.39, 0.29) is 16.4 Å². The Morgan fingerprint density at radius 3 is 2.82 bits per heavy atom. The van der Waals surface area contributed by atoms with Crippen LogP contribution in [0.3, 0.4) is 0 Å². The molecule has 0 spiro atoms. The van der Waals surface area contributed by atoms with E-state index in [4.69, 9.17) is 16.6 Å². The lowest BCUT2D eigenvalue weighted by Crippen LogP contribution is -1.94. The van der Waals surface area contributed by atoms with E-state index in [9.17, 15) is 10.1 Å². The van der Waals surface area contributed by atoms with Crippen molar-refractivity contribution in [2.24, 2.45) is 5.10 Å². The Bertz CT molecular complexity index is 895. The molecule has 0 amide bonds. The molecule has 0 bridgehead atoms. The fraction of sp³-hybridized carbons (Fsp3) is 0. The Morgan fingerprint density at radius 2 is 2.14 bits per heavy atom. The Morgan fingerprint density at radius 1 is 1.36 bits per heavy atom. The molecular formula is C12H8N6O3S. The van der Waals surface area contributed by atoms with Crippen molar-refractivity contribution in [3.05, 3.63) is 57.3 Å². The van der Waals surface area contributed by atoms with Gasteiger partial charge in [-0.2, -0.15) is 14.9 Å². The number of rotatable bonds is 4. The van der Waals surface area contributed by atoms with Crippen LogP contribution in [0.4, 0.5) is 5.88 Å². The summed E-state index contributed by atoms with van der Waals surface area (Å²) in [5, 5.41) is 21.4. The molecular weight excluding hydrogens is 308 g/mol. The summed E-state index contributed by atoms with van der Waals surface area (Å²) in [6.07, 6.45) is 4.57. The van der Waals surface area contributed by atoms with Crippen LogP contribution in [0.2, 0.25) is 0 Å². The van der Waals surface area contributed by atoms with Gasteiger partial charge in [0, 0.05) is 18.0 Å². The highest BCUT2D eigenvalue weighted by molar-refractivity contribution is 7.71. The second kappa shape index (κ2) is 5.69. The molecule has 110 valence electrons. The van der Waals surface area contributed by atoms with Crippen LogP contribution in [0, 0.1) is 14.9 Å². The third kappa shape index (κ3) is 2.67. The van der Waals surface area contributed by atoms with Gasteiger partial charge in [-0.25, -0.2) is 5.10 Å². The number of nitro groups is 1. The molecule has 3 rings (SSSR count). The van der Waals surface area contributed by atoms with Crippen LogP contribution in [0.5, 0.6) is 0 Å². The number of nitrogens with one attached hydrogen (secondary N) is 1. The Balaban J connectivity index is 1.95. The fourth-order valence-corrected chi connectivity index (χ4v) is 1.89. The van der Waals surface area contributed by atoms with Crippen LogP contribution in [0.1, 0.15) is 5.76 Å². The van der Waals surface area contributed by atoms with E-state index in [1.807, 2.05) is 0 Å². The van der Waals surface area contributed by atoms with Gasteiger partial charge in [-0.1, -0.05) is 0 Å². The normalized spacial score (nSPS) is 11.1. The average Bonchev–Trinajstić information content (AvgIpc) is 3.13. The monoisotopic (exact) mass is 316 g/mol. The zero-order valence-corrected chi connectivity index (χ0v) is 11.7. The largest absolute Gasteiger partial charge is 0.433 e. The van der Waals surface area contributed by atoms with Gasteiger partial charge in [0.2, 0.25) is 4.77 Å². The first-order chi connectivity index (χ1) is 10.6. The number of hydrogen-bond acceptors (Lipinski definition) is 7. The fourth-order valence-electron chi connectivity index (χ4n) is 1.71. The molecule has 3 heterocycles. The van der Waals surface area contributed by atoms with E-state index in [0.29, 0.717) is 5.82 Å². The smallest absolute Gasteiger partial charge is 0.400 e. The Hall–Kier alpha value is -3.14. The van der Waals surface area contributed by atoms with Gasteiger partial charge in [0.25, 0.3) is 0 Å². The summed E-state index contributed by atoms with van der Waals surface area (Å²) in [5.74, 6) is 0.367. The zero-order chi connectivity index (χ0) is 15.5. The average molecular weight is 316 g/mol. The lowest BCUT2D eigenvalue weighted by atomic mass is 10.2. The molecule has 0 atom stereocenters. The maximum Gasteiger partial charge on any atom is 0.433 e. The molecule has 0 fully saturated rings. The maximum atomic E-state index is 10.6. The first kappa shape index (κ1) is 13.8. The minimum Gasteiger partial charge on any atom is -0.400 e. The highest BCUT2D eigenvalue weighted by Crippen LogP contribution is 2.17. The van der Waals surface area contributed by atoms with Crippen molar-refractivity contribution in [1.82, 2.24) is 19.9 Å². The maximum absolute atomic E-state index is 10.6. The lowest BCUT2D eigenvalue weighted by molar-refractivity contribution is -0.402. The van der Waals surface area contributed by atoms with Crippen LogP contribution in [-0.4, -0.2) is 31.0 Å². The van der Waals surface area contributed by atoms with Gasteiger partial charge in [0.1, 0.15) is 4.92 Å². The molecule has 10 heteroatoms. The van der Waals surface area contributed by atoms with E-state index >= 15 is 0 Å². The predicted molar refractivity (Wildman–Crippen MR) is 79.0 cm³/mol. The zero-order valence-electron chi connectivity index (χ0n) is 10.9. The molecule has 0 aliphatic heterocycles. The molecule has 0 aromatic carbocycles. The van der Waals surface area contributed by atoms with E-state index in [0.717, 1.165) is 5.56 Å². The van der Waals surface area contributed by atoms with Gasteiger partial charge < -0.3 is 4.42 Å². The summed E-state index contributed by atoms with van der Waals surface area (Å²) < 4.78 is 6.66. The predicted octanol–water partition coefficient (Wildman–Crippen LogP) is 2.39. The molecule has 0 radical (unpaired) electrons. The summed E-state index contributed by atoms with van der Waals surface area (Å²) in [7, 11) is 0. The Labute approximate surface area is 128 Å². The first-order valence-electron chi connectivity index (χ1n) is 6.01. The van der Waals surface area contributed by atoms with E-state index < -0.39 is 4.92 Å². The lowest BCUT2D eigenvalue weighted by Gasteiger charge is -1.99. The minimum atomic E-state index is -0.622. The van der Waals surface area contributed by atoms with Crippen molar-refractivity contribution in [3.63, 3.8) is 0 Å². The van der Waals surface area contributed by atoms with Gasteiger partial charge in [0.15, 0.2) is 11.6 Å². The van der Waals surface area contributed by atoms with E-state index in [1.165, 1.54) is 23.0 Å². The van der Waals surface area contributed by atoms with Crippen molar-refractivity contribution < 1.29 is 9.34 Å². The summed E-state index contributed by atoms with van der Waals surface area (Å²) in [4.78, 5) is 13.9. The number of furan rings is 1. The van der Waals surface area contributed by atoms with Crippen molar-refractivity contribution in [2.45, 2.75) is 0 Å². The van der Waals surface area contributed by atoms with Gasteiger partial charge in [-0.15, -0.1) is 0 Å². The molecule has 22 heavy (non-hydrogen) atoms. The van der Waals surface area contributed by atoms with Crippen LogP contribution in [-0.2, 0) is 0 Å². The second-order valence-electron chi connectivity index (χ2n) is 4.08. The van der Waals surface area contributed by atoms with Crippen molar-refractivity contribution in [1.29, 1.82) is 0 Å². The van der Waals surface area contributed by atoms with Gasteiger partial charge in [-0.05, 0) is 30.4 Å². The van der Waals surface area contributed by atoms with E-state index in [1.54, 1.807) is 24.5 Å². The molecule has 9 nitrogen and oxygen atoms in total. The molecule has 3 aromatic rings. The molecule has 0 unspecified atom stereocenters. The minimum absolute atomic E-state index is 0.232. The number of aromatic amines is 1. The summed E-state index contributed by atoms with van der Waals surface area (Å²) >= 11 is 5.11. The molecule has 0 aliphatic rings. The van der Waals surface area contributed by atoms with Crippen molar-refractivity contribution in [2.75, 3.05) is 0 Å². The number of aromatic nitrogens is 4. The van der Waals surface area contributed by atoms with Gasteiger partial charge >= 0.3 is 5.88 Å². The van der Waals surface area contributed by atoms with Crippen LogP contribution in [0.15, 0.2) is 46.2 Å². The first-order valence-corrected chi connectivity index (χ1v) is 6.42. The van der Waals surface area contributed by atoms with Crippen molar-refractivity contribution in [3.8, 4) is 11.4 Å².